The van der Waals surface area contributed by atoms with Crippen LogP contribution >= 0.6 is 0 Å². The maximum Gasteiger partial charge on any atom is 0.303 e. The molecule has 0 N–H and O–H groups in total. The van der Waals surface area contributed by atoms with E-state index in [9.17, 15) is 4.79 Å². The Morgan fingerprint density at radius 3 is 2.88 bits per heavy atom. The van der Waals surface area contributed by atoms with Gasteiger partial charge in [0, 0.05) is 30.5 Å². The molecule has 0 amide bonds. The number of nitrogens with zero attached hydrogens (tertiary/aromatic N) is 1. The van der Waals surface area contributed by atoms with Crippen LogP contribution in [0.15, 0.2) is 17.1 Å². The molecule has 0 aromatic carbocycles. The molecule has 4 saturated carbocycles. The third kappa shape index (κ3) is 1.88. The third-order valence-electron chi connectivity index (χ3n) is 8.97. The quantitative estimate of drug-likeness (QED) is 0.518. The fourth-order valence-electron chi connectivity index (χ4n) is 8.22. The second-order valence-corrected chi connectivity index (χ2v) is 10.0. The maximum absolute atomic E-state index is 11.9. The first-order valence-corrected chi connectivity index (χ1v) is 10.3. The Morgan fingerprint density at radius 2 is 2.08 bits per heavy atom. The van der Waals surface area contributed by atoms with Crippen LogP contribution in [0.2, 0.25) is 0 Å². The molecule has 5 rings (SSSR count). The molecule has 4 bridgehead atoms. The van der Waals surface area contributed by atoms with Crippen molar-refractivity contribution in [1.29, 1.82) is 0 Å². The van der Waals surface area contributed by atoms with Crippen LogP contribution in [0.25, 0.3) is 0 Å². The molecule has 7 atom stereocenters. The maximum atomic E-state index is 11.9. The first-order chi connectivity index (χ1) is 11.9. The van der Waals surface area contributed by atoms with Crippen molar-refractivity contribution in [3.63, 3.8) is 0 Å². The minimum absolute atomic E-state index is 0.0543. The molecular weight excluding hydrogens is 310 g/mol. The number of carbonyl (C=O) groups excluding carboxylic acids is 1. The van der Waals surface area contributed by atoms with Gasteiger partial charge in [0.1, 0.15) is 6.10 Å². The van der Waals surface area contributed by atoms with Gasteiger partial charge in [-0.2, -0.15) is 0 Å². The molecule has 1 spiro atoms. The van der Waals surface area contributed by atoms with Crippen molar-refractivity contribution < 1.29 is 9.53 Å². The summed E-state index contributed by atoms with van der Waals surface area (Å²) < 4.78 is 5.95. The van der Waals surface area contributed by atoms with Gasteiger partial charge in [0.15, 0.2) is 0 Å². The van der Waals surface area contributed by atoms with Crippen molar-refractivity contribution in [2.75, 3.05) is 6.54 Å². The predicted octanol–water partition coefficient (Wildman–Crippen LogP) is 4.56. The van der Waals surface area contributed by atoms with E-state index < -0.39 is 0 Å². The number of esters is 1. The first kappa shape index (κ1) is 16.1. The summed E-state index contributed by atoms with van der Waals surface area (Å²) >= 11 is 0. The largest absolute Gasteiger partial charge is 0.457 e. The van der Waals surface area contributed by atoms with Gasteiger partial charge in [0.2, 0.25) is 0 Å². The van der Waals surface area contributed by atoms with E-state index in [4.69, 9.17) is 9.73 Å². The van der Waals surface area contributed by atoms with E-state index in [0.29, 0.717) is 17.3 Å². The lowest BCUT2D eigenvalue weighted by molar-refractivity contribution is -0.172. The molecule has 0 aromatic rings. The summed E-state index contributed by atoms with van der Waals surface area (Å²) in [5.41, 5.74) is 1.97. The highest BCUT2D eigenvalue weighted by Gasteiger charge is 2.69. The van der Waals surface area contributed by atoms with Gasteiger partial charge in [-0.3, -0.25) is 9.79 Å². The molecule has 0 saturated heterocycles. The molecule has 1 aliphatic heterocycles. The van der Waals surface area contributed by atoms with Crippen LogP contribution in [0, 0.1) is 34.0 Å². The van der Waals surface area contributed by atoms with Crippen LogP contribution in [0.3, 0.4) is 0 Å². The lowest BCUT2D eigenvalue weighted by Crippen LogP contribution is -2.62. The average Bonchev–Trinajstić information content (AvgIpc) is 2.74. The number of rotatable bonds is 1. The molecule has 25 heavy (non-hydrogen) atoms. The standard InChI is InChI=1S/C22H31NO2/c1-14-16-5-6-18-21(11-16,19(14)25-15(2)24)10-7-17-20(3)8-4-9-22(17,18)13-23-12-20/h13,16-19H,1,4-12H2,2-3H3/t16-,17+,18+,19+,20-,21+,22-/m0/s1. The average molecular weight is 341 g/mol. The fraction of sp³-hybridized carbons (Fsp3) is 0.818. The first-order valence-electron chi connectivity index (χ1n) is 10.3. The lowest BCUT2D eigenvalue weighted by Gasteiger charge is -2.65. The molecule has 4 fully saturated rings. The minimum Gasteiger partial charge on any atom is -0.457 e. The number of fused-ring (bicyclic) bond motifs is 1. The number of hydrogen-bond acceptors (Lipinski definition) is 3. The van der Waals surface area contributed by atoms with Gasteiger partial charge >= 0.3 is 5.97 Å². The predicted molar refractivity (Wildman–Crippen MR) is 98.4 cm³/mol. The van der Waals surface area contributed by atoms with Gasteiger partial charge in [-0.15, -0.1) is 0 Å². The van der Waals surface area contributed by atoms with Gasteiger partial charge < -0.3 is 4.74 Å². The van der Waals surface area contributed by atoms with Gasteiger partial charge in [-0.1, -0.05) is 19.9 Å². The van der Waals surface area contributed by atoms with Crippen molar-refractivity contribution in [3.8, 4) is 0 Å². The number of carbonyl (C=O) groups is 1. The van der Waals surface area contributed by atoms with E-state index in [2.05, 4.69) is 19.7 Å². The van der Waals surface area contributed by atoms with E-state index in [1.54, 1.807) is 6.92 Å². The molecule has 0 radical (unpaired) electrons. The molecule has 136 valence electrons. The normalized spacial score (nSPS) is 53.1. The zero-order valence-electron chi connectivity index (χ0n) is 15.7. The van der Waals surface area contributed by atoms with E-state index >= 15 is 0 Å². The van der Waals surface area contributed by atoms with Crippen molar-refractivity contribution >= 4 is 12.2 Å². The SMILES string of the molecule is C=C1[C@H]2CC[C@H]3[C@]45C=NC[C@](C)(CCC4)[C@H]5CC[C@]3(C2)[C@@H]1OC(C)=O. The van der Waals surface area contributed by atoms with Crippen molar-refractivity contribution in [3.05, 3.63) is 12.2 Å². The van der Waals surface area contributed by atoms with Crippen molar-refractivity contribution in [2.45, 2.75) is 71.3 Å². The molecule has 0 unspecified atom stereocenters. The van der Waals surface area contributed by atoms with Gasteiger partial charge in [-0.25, -0.2) is 0 Å². The molecule has 5 aliphatic rings. The molecule has 3 nitrogen and oxygen atoms in total. The van der Waals surface area contributed by atoms with Crippen LogP contribution in [-0.2, 0) is 9.53 Å². The van der Waals surface area contributed by atoms with Crippen LogP contribution < -0.4 is 0 Å². The summed E-state index contributed by atoms with van der Waals surface area (Å²) in [5, 5.41) is 0. The van der Waals surface area contributed by atoms with Crippen molar-refractivity contribution in [1.82, 2.24) is 0 Å². The summed E-state index contributed by atoms with van der Waals surface area (Å²) in [5.74, 6) is 1.80. The smallest absolute Gasteiger partial charge is 0.303 e. The Kier molecular flexibility index (Phi) is 3.21. The Labute approximate surface area is 151 Å². The zero-order chi connectivity index (χ0) is 17.4. The highest BCUT2D eigenvalue weighted by molar-refractivity contribution is 5.70. The summed E-state index contributed by atoms with van der Waals surface area (Å²) in [6.45, 7) is 9.47. The van der Waals surface area contributed by atoms with Crippen LogP contribution in [0.1, 0.15) is 65.2 Å². The number of hydrogen-bond donors (Lipinski definition) is 0. The monoisotopic (exact) mass is 341 g/mol. The van der Waals surface area contributed by atoms with E-state index in [1.165, 1.54) is 56.9 Å². The topological polar surface area (TPSA) is 38.7 Å². The molecule has 4 aliphatic carbocycles. The Bertz CT molecular complexity index is 669. The van der Waals surface area contributed by atoms with E-state index in [0.717, 1.165) is 12.5 Å². The molecule has 3 heteroatoms. The second-order valence-electron chi connectivity index (χ2n) is 10.0. The van der Waals surface area contributed by atoms with Crippen molar-refractivity contribution in [2.24, 2.45) is 39.0 Å². The molecule has 0 aromatic heterocycles. The Morgan fingerprint density at radius 1 is 1.24 bits per heavy atom. The highest BCUT2D eigenvalue weighted by atomic mass is 16.5. The summed E-state index contributed by atoms with van der Waals surface area (Å²) in [6.07, 6.45) is 12.4. The van der Waals surface area contributed by atoms with Gasteiger partial charge in [-0.05, 0) is 73.7 Å². The zero-order valence-corrected chi connectivity index (χ0v) is 15.7. The number of aliphatic imine (C=N–C) groups is 1. The second kappa shape index (κ2) is 4.98. The van der Waals surface area contributed by atoms with Crippen LogP contribution in [0.5, 0.6) is 0 Å². The summed E-state index contributed by atoms with van der Waals surface area (Å²) in [7, 11) is 0. The van der Waals surface area contributed by atoms with Crippen LogP contribution in [-0.4, -0.2) is 24.8 Å². The molecular formula is C22H31NO2. The lowest BCUT2D eigenvalue weighted by atomic mass is 9.39. The number of ether oxygens (including phenoxy) is 1. The fourth-order valence-corrected chi connectivity index (χ4v) is 8.22. The summed E-state index contributed by atoms with van der Waals surface area (Å²) in [6, 6.07) is 0. The van der Waals surface area contributed by atoms with E-state index in [-0.39, 0.29) is 22.9 Å². The minimum atomic E-state index is -0.141. The molecule has 1 heterocycles. The van der Waals surface area contributed by atoms with E-state index in [1.807, 2.05) is 0 Å². The third-order valence-corrected chi connectivity index (χ3v) is 8.97. The Hall–Kier alpha value is -1.12. The van der Waals surface area contributed by atoms with Gasteiger partial charge in [0.05, 0.1) is 0 Å². The Balaban J connectivity index is 1.62. The van der Waals surface area contributed by atoms with Crippen LogP contribution in [0.4, 0.5) is 0 Å². The highest BCUT2D eigenvalue weighted by Crippen LogP contribution is 2.72. The van der Waals surface area contributed by atoms with Gasteiger partial charge in [0.25, 0.3) is 0 Å². The summed E-state index contributed by atoms with van der Waals surface area (Å²) in [4.78, 5) is 16.8.